The van der Waals surface area contributed by atoms with Gasteiger partial charge in [-0.2, -0.15) is 0 Å². The summed E-state index contributed by atoms with van der Waals surface area (Å²) in [7, 11) is 0. The maximum atomic E-state index is 12.1. The second-order valence-corrected chi connectivity index (χ2v) is 5.13. The lowest BCUT2D eigenvalue weighted by atomic mass is 9.97. The fourth-order valence-corrected chi connectivity index (χ4v) is 2.92. The molecule has 2 bridgehead atoms. The van der Waals surface area contributed by atoms with E-state index in [1.807, 2.05) is 6.92 Å². The molecule has 5 heteroatoms. The van der Waals surface area contributed by atoms with Gasteiger partial charge in [0.25, 0.3) is 11.8 Å². The van der Waals surface area contributed by atoms with Gasteiger partial charge in [-0.05, 0) is 32.7 Å². The summed E-state index contributed by atoms with van der Waals surface area (Å²) in [6.07, 6.45) is 1.47. The van der Waals surface area contributed by atoms with Crippen molar-refractivity contribution in [2.45, 2.75) is 43.9 Å². The molecule has 0 radical (unpaired) electrons. The highest BCUT2D eigenvalue weighted by Crippen LogP contribution is 2.34. The Kier molecular flexibility index (Phi) is 2.09. The molecule has 0 aromatic rings. The average molecular weight is 224 g/mol. The standard InChI is InChI=1S/C11H16N2O3/c1-11(4-5-12-6-11)13-9(14)7-2-3-8(16-7)10(13)15/h7-8,12H,2-6H2,1H3. The summed E-state index contributed by atoms with van der Waals surface area (Å²) in [5, 5.41) is 3.21. The van der Waals surface area contributed by atoms with Gasteiger partial charge in [0.05, 0.1) is 5.54 Å². The van der Waals surface area contributed by atoms with E-state index in [4.69, 9.17) is 4.74 Å². The molecule has 3 rings (SSSR count). The van der Waals surface area contributed by atoms with Crippen LogP contribution in [0.2, 0.25) is 0 Å². The molecular weight excluding hydrogens is 208 g/mol. The number of fused-ring (bicyclic) bond motifs is 2. The number of carbonyl (C=O) groups excluding carboxylic acids is 2. The number of hydrogen-bond acceptors (Lipinski definition) is 4. The zero-order chi connectivity index (χ0) is 11.3. The van der Waals surface area contributed by atoms with E-state index >= 15 is 0 Å². The normalized spacial score (nSPS) is 43.2. The number of likely N-dealkylation sites (tertiary alicyclic amines) is 1. The first-order chi connectivity index (χ1) is 7.62. The van der Waals surface area contributed by atoms with Crippen molar-refractivity contribution in [3.63, 3.8) is 0 Å². The predicted octanol–water partition coefficient (Wildman–Crippen LogP) is -0.345. The molecule has 88 valence electrons. The molecule has 0 spiro atoms. The van der Waals surface area contributed by atoms with Crippen LogP contribution in [0.25, 0.3) is 0 Å². The molecule has 3 atom stereocenters. The van der Waals surface area contributed by atoms with Crippen LogP contribution in [0.15, 0.2) is 0 Å². The summed E-state index contributed by atoms with van der Waals surface area (Å²) in [6.45, 7) is 3.54. The Labute approximate surface area is 94.1 Å². The van der Waals surface area contributed by atoms with Gasteiger partial charge in [0, 0.05) is 6.54 Å². The lowest BCUT2D eigenvalue weighted by Crippen LogP contribution is -2.61. The van der Waals surface area contributed by atoms with Crippen LogP contribution in [0.4, 0.5) is 0 Å². The van der Waals surface area contributed by atoms with Gasteiger partial charge in [-0.3, -0.25) is 14.5 Å². The van der Waals surface area contributed by atoms with E-state index in [9.17, 15) is 9.59 Å². The maximum Gasteiger partial charge on any atom is 0.258 e. The molecule has 3 aliphatic rings. The van der Waals surface area contributed by atoms with E-state index in [-0.39, 0.29) is 29.6 Å². The van der Waals surface area contributed by atoms with E-state index < -0.39 is 0 Å². The molecule has 1 N–H and O–H groups in total. The lowest BCUT2D eigenvalue weighted by molar-refractivity contribution is -0.175. The Bertz CT molecular complexity index is 327. The third-order valence-electron chi connectivity index (χ3n) is 3.90. The molecule has 0 aromatic heterocycles. The molecule has 3 fully saturated rings. The van der Waals surface area contributed by atoms with Crippen molar-refractivity contribution < 1.29 is 14.3 Å². The van der Waals surface area contributed by atoms with Gasteiger partial charge in [0.2, 0.25) is 0 Å². The van der Waals surface area contributed by atoms with Gasteiger partial charge in [0.1, 0.15) is 12.2 Å². The van der Waals surface area contributed by atoms with E-state index in [0.717, 1.165) is 13.0 Å². The van der Waals surface area contributed by atoms with Crippen molar-refractivity contribution in [1.29, 1.82) is 0 Å². The van der Waals surface area contributed by atoms with Gasteiger partial charge in [-0.15, -0.1) is 0 Å². The van der Waals surface area contributed by atoms with Crippen molar-refractivity contribution in [3.05, 3.63) is 0 Å². The SMILES string of the molecule is CC1(N2C(=O)C3CCC(O3)C2=O)CCNC1. The van der Waals surface area contributed by atoms with E-state index in [1.54, 1.807) is 0 Å². The highest BCUT2D eigenvalue weighted by atomic mass is 16.5. The number of rotatable bonds is 1. The zero-order valence-electron chi connectivity index (χ0n) is 9.36. The summed E-state index contributed by atoms with van der Waals surface area (Å²) < 4.78 is 5.40. The number of nitrogens with one attached hydrogen (secondary N) is 1. The number of hydrogen-bond donors (Lipinski definition) is 1. The fraction of sp³-hybridized carbons (Fsp3) is 0.818. The molecule has 3 unspecified atom stereocenters. The zero-order valence-corrected chi connectivity index (χ0v) is 9.36. The Balaban J connectivity index is 1.93. The number of morpholine rings is 1. The van der Waals surface area contributed by atoms with Crippen molar-refractivity contribution in [1.82, 2.24) is 10.2 Å². The molecule has 0 aromatic carbocycles. The van der Waals surface area contributed by atoms with E-state index in [2.05, 4.69) is 5.32 Å². The van der Waals surface area contributed by atoms with Crippen LogP contribution in [-0.4, -0.2) is 47.6 Å². The monoisotopic (exact) mass is 224 g/mol. The lowest BCUT2D eigenvalue weighted by Gasteiger charge is -2.40. The molecule has 3 heterocycles. The summed E-state index contributed by atoms with van der Waals surface area (Å²) in [5.41, 5.74) is -0.348. The summed E-state index contributed by atoms with van der Waals surface area (Å²) in [4.78, 5) is 25.7. The minimum Gasteiger partial charge on any atom is -0.355 e. The van der Waals surface area contributed by atoms with Gasteiger partial charge in [0.15, 0.2) is 0 Å². The Morgan fingerprint density at radius 3 is 2.44 bits per heavy atom. The summed E-state index contributed by atoms with van der Waals surface area (Å²) in [5.74, 6) is -0.269. The molecule has 0 aliphatic carbocycles. The second-order valence-electron chi connectivity index (χ2n) is 5.13. The van der Waals surface area contributed by atoms with Crippen LogP contribution < -0.4 is 5.32 Å². The Morgan fingerprint density at radius 1 is 1.31 bits per heavy atom. The van der Waals surface area contributed by atoms with Gasteiger partial charge in [-0.25, -0.2) is 0 Å². The molecule has 2 amide bonds. The quantitative estimate of drug-likeness (QED) is 0.619. The maximum absolute atomic E-state index is 12.1. The fourth-order valence-electron chi connectivity index (χ4n) is 2.92. The van der Waals surface area contributed by atoms with Crippen LogP contribution in [0, 0.1) is 0 Å². The average Bonchev–Trinajstić information content (AvgIpc) is 2.84. The number of ether oxygens (including phenoxy) is 1. The van der Waals surface area contributed by atoms with E-state index in [0.29, 0.717) is 19.4 Å². The van der Waals surface area contributed by atoms with Crippen LogP contribution in [-0.2, 0) is 14.3 Å². The summed E-state index contributed by atoms with van der Waals surface area (Å²) >= 11 is 0. The van der Waals surface area contributed by atoms with Crippen molar-refractivity contribution >= 4 is 11.8 Å². The van der Waals surface area contributed by atoms with E-state index in [1.165, 1.54) is 4.90 Å². The van der Waals surface area contributed by atoms with Crippen molar-refractivity contribution in [3.8, 4) is 0 Å². The Hall–Kier alpha value is -0.940. The van der Waals surface area contributed by atoms with Crippen LogP contribution in [0.3, 0.4) is 0 Å². The minimum absolute atomic E-state index is 0.134. The number of amides is 2. The highest BCUT2D eigenvalue weighted by molar-refractivity contribution is 6.03. The first-order valence-electron chi connectivity index (χ1n) is 5.86. The molecule has 3 aliphatic heterocycles. The smallest absolute Gasteiger partial charge is 0.258 e. The Morgan fingerprint density at radius 2 is 1.94 bits per heavy atom. The topological polar surface area (TPSA) is 58.6 Å². The molecular formula is C11H16N2O3. The number of imide groups is 1. The highest BCUT2D eigenvalue weighted by Gasteiger charge is 2.53. The van der Waals surface area contributed by atoms with Crippen molar-refractivity contribution in [2.24, 2.45) is 0 Å². The molecule has 5 nitrogen and oxygen atoms in total. The number of carbonyl (C=O) groups is 2. The van der Waals surface area contributed by atoms with Gasteiger partial charge < -0.3 is 10.1 Å². The largest absolute Gasteiger partial charge is 0.355 e. The van der Waals surface area contributed by atoms with Crippen LogP contribution in [0.1, 0.15) is 26.2 Å². The van der Waals surface area contributed by atoms with Crippen LogP contribution in [0.5, 0.6) is 0 Å². The molecule has 3 saturated heterocycles. The third-order valence-corrected chi connectivity index (χ3v) is 3.90. The second kappa shape index (κ2) is 3.28. The van der Waals surface area contributed by atoms with Crippen LogP contribution >= 0.6 is 0 Å². The molecule has 16 heavy (non-hydrogen) atoms. The van der Waals surface area contributed by atoms with Gasteiger partial charge in [-0.1, -0.05) is 0 Å². The van der Waals surface area contributed by atoms with Gasteiger partial charge >= 0.3 is 0 Å². The minimum atomic E-state index is -0.375. The molecule has 0 saturated carbocycles. The summed E-state index contributed by atoms with van der Waals surface area (Å²) in [6, 6.07) is 0. The first kappa shape index (κ1) is 10.2. The first-order valence-corrected chi connectivity index (χ1v) is 5.86. The van der Waals surface area contributed by atoms with Crippen molar-refractivity contribution in [2.75, 3.05) is 13.1 Å². The third kappa shape index (κ3) is 1.25. The predicted molar refractivity (Wildman–Crippen MR) is 55.6 cm³/mol. The number of nitrogens with zero attached hydrogens (tertiary/aromatic N) is 1.